The molecule has 0 radical (unpaired) electrons. The smallest absolute Gasteiger partial charge is 0.384 e. The van der Waals surface area contributed by atoms with Gasteiger partial charge in [-0.3, -0.25) is 38.2 Å². The number of aromatic hydroxyl groups is 1. The third kappa shape index (κ3) is 21.7. The Morgan fingerprint density at radius 3 is 1.45 bits per heavy atom. The standard InChI is InChI=1S/C14H16N2O5S.C9H8N2O4S.C6H8N2O2S.C6H8N2OS.C6H6O4.C4H6N2OS.C4H6N2S/c1-7-6-22-13-15-8(11(18)20-5)9(10(17)16(7)13)21-12(19)14(2,3)4;1-4-3-16-9-10-5(8(14)15-2)6(12)7(13)11(4)9;1-4-3-11-6(8(4)10)7-5(2)9;1-4-3-10-6(7-4)8-5(2)9;1-9-5(7)3-4-6(8)10-2;1-3-2-8-4(5)6(3)7;1-3-2-7-4(5)6-3/h6H,1-5H3;3,12H,1-2H3;3,10H,1-2H3;3H,1-2H3,(H,7,8,9);1-2H3;2,5,7H,1H3;2H,1H3,(H2,5,6). The van der Waals surface area contributed by atoms with Crippen LogP contribution in [0.2, 0.25) is 0 Å². The van der Waals surface area contributed by atoms with E-state index in [0.29, 0.717) is 47.8 Å². The van der Waals surface area contributed by atoms with Crippen molar-refractivity contribution in [3.63, 3.8) is 0 Å². The van der Waals surface area contributed by atoms with Crippen LogP contribution in [0, 0.1) is 64.2 Å². The van der Waals surface area contributed by atoms with Crippen LogP contribution >= 0.6 is 68.0 Å². The van der Waals surface area contributed by atoms with E-state index < -0.39 is 57.9 Å². The van der Waals surface area contributed by atoms with Gasteiger partial charge < -0.3 is 50.3 Å². The highest BCUT2D eigenvalue weighted by molar-refractivity contribution is 7.15. The first-order valence-electron chi connectivity index (χ1n) is 23.2. The van der Waals surface area contributed by atoms with E-state index in [1.165, 1.54) is 112 Å². The van der Waals surface area contributed by atoms with Crippen molar-refractivity contribution in [3.05, 3.63) is 108 Å². The predicted molar refractivity (Wildman–Crippen MR) is 312 cm³/mol. The normalized spacial score (nSPS) is 10.2. The fourth-order valence-electron chi connectivity index (χ4n) is 5.09. The van der Waals surface area contributed by atoms with E-state index in [1.807, 2.05) is 36.4 Å². The highest BCUT2D eigenvalue weighted by Crippen LogP contribution is 2.23. The average Bonchev–Trinajstić information content (AvgIpc) is 4.25. The zero-order chi connectivity index (χ0) is 63.9. The molecule has 2 amide bonds. The molecule has 8 aromatic rings. The summed E-state index contributed by atoms with van der Waals surface area (Å²) in [6.07, 6.45) is 0. The van der Waals surface area contributed by atoms with E-state index >= 15 is 0 Å². The van der Waals surface area contributed by atoms with Gasteiger partial charge in [0.15, 0.2) is 31.6 Å². The molecule has 0 saturated heterocycles. The Balaban J connectivity index is 0.000000347. The van der Waals surface area contributed by atoms with Gasteiger partial charge >= 0.3 is 41.0 Å². The van der Waals surface area contributed by atoms with Gasteiger partial charge in [0.1, 0.15) is 0 Å². The van der Waals surface area contributed by atoms with Crippen LogP contribution in [-0.4, -0.2) is 124 Å². The summed E-state index contributed by atoms with van der Waals surface area (Å²) in [4.78, 5) is 122. The number of methoxy groups -OCH3 is 4. The van der Waals surface area contributed by atoms with Crippen molar-refractivity contribution in [2.45, 2.75) is 76.2 Å². The van der Waals surface area contributed by atoms with Gasteiger partial charge in [-0.2, -0.15) is 14.5 Å². The van der Waals surface area contributed by atoms with Crippen LogP contribution in [0.3, 0.4) is 0 Å². The minimum atomic E-state index is -0.831. The van der Waals surface area contributed by atoms with Crippen molar-refractivity contribution in [1.29, 1.82) is 5.41 Å². The lowest BCUT2D eigenvalue weighted by Crippen LogP contribution is -2.31. The van der Waals surface area contributed by atoms with Gasteiger partial charge in [-0.25, -0.2) is 39.1 Å². The van der Waals surface area contributed by atoms with Crippen molar-refractivity contribution >= 4 is 130 Å². The minimum Gasteiger partial charge on any atom is -0.501 e. The van der Waals surface area contributed by atoms with Gasteiger partial charge in [0.2, 0.25) is 32.9 Å². The van der Waals surface area contributed by atoms with E-state index in [1.54, 1.807) is 70.0 Å². The van der Waals surface area contributed by atoms with Crippen molar-refractivity contribution in [3.8, 4) is 23.3 Å². The molecule has 0 aromatic carbocycles. The minimum absolute atomic E-state index is 0.0747. The Morgan fingerprint density at radius 1 is 0.631 bits per heavy atom. The van der Waals surface area contributed by atoms with E-state index in [2.05, 4.69) is 49.2 Å². The van der Waals surface area contributed by atoms with Crippen LogP contribution in [0.5, 0.6) is 11.5 Å². The number of thiazole rings is 6. The molecule has 8 heterocycles. The van der Waals surface area contributed by atoms with Gasteiger partial charge in [0, 0.05) is 69.4 Å². The number of amides is 2. The molecule has 0 saturated carbocycles. The fourth-order valence-corrected chi connectivity index (χ4v) is 9.51. The highest BCUT2D eigenvalue weighted by Gasteiger charge is 2.30. The number of carbonyl (C=O) groups excluding carboxylic acids is 7. The summed E-state index contributed by atoms with van der Waals surface area (Å²) in [5.41, 5.74) is 7.15. The van der Waals surface area contributed by atoms with Crippen molar-refractivity contribution < 1.29 is 72.8 Å². The SMILES string of the molecule is CC(=O)N=c1scc(C)n1O.CC(=O)Nc1nc(C)cs1.COC(=O)C#CC(=O)OC.COC(=O)c1nc2scc(C)n2c(=O)c1O.COC(=O)c1nc2scc(C)n2c(=O)c1OC(=O)C(C)(C)C.Cc1csc(=N)n1O.Cc1csc(N)n1. The van der Waals surface area contributed by atoms with Crippen LogP contribution in [0.15, 0.2) is 46.9 Å². The first kappa shape index (κ1) is 71.2. The lowest BCUT2D eigenvalue weighted by Gasteiger charge is -2.16. The number of nitrogens with one attached hydrogen (secondary N) is 2. The van der Waals surface area contributed by atoms with E-state index in [0.717, 1.165) is 28.0 Å². The Bertz CT molecular complexity index is 3930. The van der Waals surface area contributed by atoms with Crippen LogP contribution in [0.4, 0.5) is 10.3 Å². The molecule has 452 valence electrons. The number of esters is 5. The third-order valence-electron chi connectivity index (χ3n) is 9.13. The maximum Gasteiger partial charge on any atom is 0.384 e. The maximum absolute atomic E-state index is 12.6. The molecule has 29 nitrogen and oxygen atoms in total. The quantitative estimate of drug-likeness (QED) is 0.0430. The van der Waals surface area contributed by atoms with Crippen molar-refractivity contribution in [1.82, 2.24) is 38.2 Å². The Hall–Kier alpha value is -8.95. The number of hydrogen-bond donors (Lipinski definition) is 6. The number of nitrogens with two attached hydrogens (primary N) is 1. The second-order valence-electron chi connectivity index (χ2n) is 17.0. The maximum atomic E-state index is 12.6. The van der Waals surface area contributed by atoms with Crippen LogP contribution in [0.25, 0.3) is 9.92 Å². The zero-order valence-electron chi connectivity index (χ0n) is 47.6. The summed E-state index contributed by atoms with van der Waals surface area (Å²) in [6.45, 7) is 18.5. The summed E-state index contributed by atoms with van der Waals surface area (Å²) in [7, 11) is 4.67. The number of carbonyl (C=O) groups is 7. The van der Waals surface area contributed by atoms with Gasteiger partial charge in [-0.1, -0.05) is 0 Å². The number of aryl methyl sites for hydroxylation is 6. The molecule has 84 heavy (non-hydrogen) atoms. The number of nitrogens with zero attached hydrogens (tertiary/aromatic N) is 9. The van der Waals surface area contributed by atoms with Crippen molar-refractivity contribution in [2.24, 2.45) is 10.4 Å². The van der Waals surface area contributed by atoms with E-state index in [4.69, 9.17) is 26.3 Å². The molecule has 8 rings (SSSR count). The van der Waals surface area contributed by atoms with Gasteiger partial charge in [-0.15, -0.1) is 68.0 Å². The largest absolute Gasteiger partial charge is 0.501 e. The van der Waals surface area contributed by atoms with Crippen LogP contribution in [-0.2, 0) is 42.9 Å². The molecule has 0 aliphatic heterocycles. The molecule has 0 unspecified atom stereocenters. The number of fused-ring (bicyclic) bond motifs is 2. The monoisotopic (exact) mass is 1280 g/mol. The number of aromatic nitrogens is 8. The number of nitrogen functional groups attached to an aromatic ring is 1. The molecule has 0 aliphatic carbocycles. The molecule has 0 aliphatic rings. The lowest BCUT2D eigenvalue weighted by molar-refractivity contribution is -0.143. The highest BCUT2D eigenvalue weighted by atomic mass is 32.1. The first-order chi connectivity index (χ1) is 39.2. The number of rotatable bonds is 4. The summed E-state index contributed by atoms with van der Waals surface area (Å²) in [5, 5.41) is 49.1. The lowest BCUT2D eigenvalue weighted by atomic mass is 9.97. The number of hydrogen-bond acceptors (Lipinski definition) is 29. The second kappa shape index (κ2) is 33.2. The predicted octanol–water partition coefficient (Wildman–Crippen LogP) is 5.26. The molecular weight excluding hydrogens is 1220 g/mol. The zero-order valence-corrected chi connectivity index (χ0v) is 52.5. The Morgan fingerprint density at radius 2 is 1.10 bits per heavy atom. The van der Waals surface area contributed by atoms with E-state index in [9.17, 15) is 48.3 Å². The second-order valence-corrected chi connectivity index (χ2v) is 22.1. The molecule has 8 aromatic heterocycles. The summed E-state index contributed by atoms with van der Waals surface area (Å²) in [6, 6.07) is 0. The van der Waals surface area contributed by atoms with Crippen molar-refractivity contribution in [2.75, 3.05) is 39.5 Å². The molecule has 0 spiro atoms. The number of anilines is 2. The van der Waals surface area contributed by atoms with Crippen LogP contribution < -0.4 is 36.5 Å². The average molecular weight is 1280 g/mol. The first-order valence-corrected chi connectivity index (χ1v) is 28.5. The fraction of sp³-hybridized carbons (Fsp3) is 0.327. The molecular formula is C49H58N12O17S6. The molecule has 0 atom stereocenters. The van der Waals surface area contributed by atoms with Crippen LogP contribution in [0.1, 0.15) is 89.8 Å². The third-order valence-corrected chi connectivity index (χ3v) is 14.5. The summed E-state index contributed by atoms with van der Waals surface area (Å²) in [5.74, 6) is -1.51. The van der Waals surface area contributed by atoms with Gasteiger partial charge in [0.05, 0.1) is 56.6 Å². The topological polar surface area (TPSA) is 405 Å². The Labute approximate surface area is 500 Å². The molecule has 0 bridgehead atoms. The Kier molecular flexibility index (Phi) is 28.1. The summed E-state index contributed by atoms with van der Waals surface area (Å²) < 4.78 is 26.7. The molecule has 35 heteroatoms. The van der Waals surface area contributed by atoms with E-state index in [-0.39, 0.29) is 28.0 Å². The van der Waals surface area contributed by atoms with Gasteiger partial charge in [0.25, 0.3) is 0 Å². The van der Waals surface area contributed by atoms with Gasteiger partial charge in [-0.05, 0) is 62.3 Å². The molecule has 0 fully saturated rings. The summed E-state index contributed by atoms with van der Waals surface area (Å²) >= 11 is 7.77. The molecule has 7 N–H and O–H groups in total. The number of ether oxygens (including phenoxy) is 5.